The number of rotatable bonds is 21. The van der Waals surface area contributed by atoms with Crippen LogP contribution in [-0.4, -0.2) is 95.2 Å². The molecule has 50 heavy (non-hydrogen) atoms. The molecule has 2 aliphatic heterocycles. The molecule has 2 aromatic rings. The van der Waals surface area contributed by atoms with Crippen LogP contribution < -0.4 is 15.4 Å². The van der Waals surface area contributed by atoms with E-state index in [-0.39, 0.29) is 23.7 Å². The first-order chi connectivity index (χ1) is 24.3. The quantitative estimate of drug-likeness (QED) is 0.130. The van der Waals surface area contributed by atoms with E-state index >= 15 is 0 Å². The SMILES string of the molecule is CCCCCCC(=O)Nc1nc(OCCCC)nc2c1NC(=O)CC(CCCN(CCCN1CCOCC1)Cc1cccc(C(=O)O)c1)CC2. The van der Waals surface area contributed by atoms with Crippen molar-refractivity contribution in [2.24, 2.45) is 5.92 Å². The van der Waals surface area contributed by atoms with Crippen molar-refractivity contribution in [2.45, 2.75) is 104 Å². The number of morpholine rings is 1. The van der Waals surface area contributed by atoms with Gasteiger partial charge in [-0.15, -0.1) is 0 Å². The lowest BCUT2D eigenvalue weighted by Gasteiger charge is -2.29. The van der Waals surface area contributed by atoms with Crippen molar-refractivity contribution >= 4 is 29.3 Å². The Labute approximate surface area is 297 Å². The van der Waals surface area contributed by atoms with E-state index < -0.39 is 5.97 Å². The Kier molecular flexibility index (Phi) is 16.9. The summed E-state index contributed by atoms with van der Waals surface area (Å²) in [5.74, 6) is -0.666. The predicted molar refractivity (Wildman–Crippen MR) is 195 cm³/mol. The number of carboxylic acid groups (broad SMARTS) is 1. The fraction of sp³-hybridized carbons (Fsp3) is 0.658. The molecule has 0 aliphatic carbocycles. The summed E-state index contributed by atoms with van der Waals surface area (Å²) in [6.45, 7) is 11.6. The number of amides is 2. The molecule has 3 N–H and O–H groups in total. The second-order valence-electron chi connectivity index (χ2n) is 13.6. The molecule has 1 aromatic heterocycles. The summed E-state index contributed by atoms with van der Waals surface area (Å²) in [5.41, 5.74) is 2.45. The molecular formula is C38H58N6O6. The highest BCUT2D eigenvalue weighted by Crippen LogP contribution is 2.32. The van der Waals surface area contributed by atoms with Gasteiger partial charge in [0.05, 0.1) is 31.1 Å². The van der Waals surface area contributed by atoms with Gasteiger partial charge in [0.1, 0.15) is 5.69 Å². The third-order valence-corrected chi connectivity index (χ3v) is 9.45. The number of nitrogens with zero attached hydrogens (tertiary/aromatic N) is 4. The number of unbranched alkanes of at least 4 members (excludes halogenated alkanes) is 4. The molecule has 1 atom stereocenters. The minimum absolute atomic E-state index is 0.106. The van der Waals surface area contributed by atoms with Crippen LogP contribution in [0, 0.1) is 5.92 Å². The lowest BCUT2D eigenvalue weighted by Crippen LogP contribution is -2.38. The van der Waals surface area contributed by atoms with E-state index in [0.717, 1.165) is 116 Å². The van der Waals surface area contributed by atoms with Gasteiger partial charge in [-0.2, -0.15) is 9.97 Å². The lowest BCUT2D eigenvalue weighted by atomic mass is 9.91. The zero-order valence-electron chi connectivity index (χ0n) is 30.2. The molecule has 2 aliphatic rings. The van der Waals surface area contributed by atoms with E-state index in [0.29, 0.717) is 55.2 Å². The highest BCUT2D eigenvalue weighted by Gasteiger charge is 2.25. The van der Waals surface area contributed by atoms with Crippen LogP contribution in [0.3, 0.4) is 0 Å². The Morgan fingerprint density at radius 2 is 1.86 bits per heavy atom. The summed E-state index contributed by atoms with van der Waals surface area (Å²) < 4.78 is 11.4. The Morgan fingerprint density at radius 1 is 1.06 bits per heavy atom. The molecule has 0 saturated carbocycles. The van der Waals surface area contributed by atoms with Gasteiger partial charge in [-0.25, -0.2) is 4.79 Å². The molecule has 1 fully saturated rings. The van der Waals surface area contributed by atoms with Gasteiger partial charge in [-0.05, 0) is 88.2 Å². The number of aromatic nitrogens is 2. The number of aryl methyl sites for hydroxylation is 1. The third kappa shape index (κ3) is 13.6. The number of nitrogens with one attached hydrogen (secondary N) is 2. The Balaban J connectivity index is 1.39. The molecule has 1 unspecified atom stereocenters. The summed E-state index contributed by atoms with van der Waals surface area (Å²) in [6.07, 6.45) is 10.9. The first kappa shape index (κ1) is 39.2. The Bertz CT molecular complexity index is 1370. The van der Waals surface area contributed by atoms with Gasteiger partial charge in [-0.3, -0.25) is 19.4 Å². The van der Waals surface area contributed by atoms with Crippen molar-refractivity contribution in [3.63, 3.8) is 0 Å². The number of anilines is 2. The molecule has 276 valence electrons. The standard InChI is InChI=1S/C38H58N6O6/c1-3-5-7-8-15-33(45)41-36-35-32(39-38(42-36)50-23-6-4-2)17-16-29(27-34(46)40-35)13-10-18-44(20-11-19-43-21-24-49-25-22-43)28-30-12-9-14-31(26-30)37(47)48/h9,12,14,26,29H,3-8,10-11,13,15-25,27-28H2,1-2H3,(H,40,46)(H,47,48)(H,39,41,42,45). The van der Waals surface area contributed by atoms with Crippen LogP contribution in [-0.2, 0) is 27.3 Å². The predicted octanol–water partition coefficient (Wildman–Crippen LogP) is 6.16. The fourth-order valence-electron chi connectivity index (χ4n) is 6.59. The van der Waals surface area contributed by atoms with Crippen LogP contribution in [0.1, 0.15) is 113 Å². The van der Waals surface area contributed by atoms with Crippen molar-refractivity contribution in [2.75, 3.05) is 63.2 Å². The first-order valence-corrected chi connectivity index (χ1v) is 18.8. The number of benzene rings is 1. The zero-order chi connectivity index (χ0) is 35.6. The number of carboxylic acids is 1. The van der Waals surface area contributed by atoms with Crippen LogP contribution in [0.15, 0.2) is 24.3 Å². The van der Waals surface area contributed by atoms with Gasteiger partial charge >= 0.3 is 12.0 Å². The van der Waals surface area contributed by atoms with Crippen LogP contribution in [0.4, 0.5) is 11.5 Å². The summed E-state index contributed by atoms with van der Waals surface area (Å²) in [6, 6.07) is 7.42. The van der Waals surface area contributed by atoms with Crippen molar-refractivity contribution < 1.29 is 29.0 Å². The third-order valence-electron chi connectivity index (χ3n) is 9.45. The number of hydrogen-bond donors (Lipinski definition) is 3. The van der Waals surface area contributed by atoms with Gasteiger partial charge in [0.15, 0.2) is 5.82 Å². The van der Waals surface area contributed by atoms with Crippen LogP contribution in [0.5, 0.6) is 6.01 Å². The van der Waals surface area contributed by atoms with Gasteiger partial charge in [0, 0.05) is 32.5 Å². The molecule has 3 heterocycles. The number of aromatic carboxylic acids is 1. The van der Waals surface area contributed by atoms with Crippen molar-refractivity contribution in [1.82, 2.24) is 19.8 Å². The molecular weight excluding hydrogens is 636 g/mol. The maximum absolute atomic E-state index is 13.3. The van der Waals surface area contributed by atoms with E-state index in [9.17, 15) is 19.5 Å². The summed E-state index contributed by atoms with van der Waals surface area (Å²) in [7, 11) is 0. The molecule has 2 amide bonds. The number of fused-ring (bicyclic) bond motifs is 1. The Morgan fingerprint density at radius 3 is 2.64 bits per heavy atom. The molecule has 12 nitrogen and oxygen atoms in total. The van der Waals surface area contributed by atoms with Gasteiger partial charge < -0.3 is 25.2 Å². The number of carbonyl (C=O) groups is 3. The van der Waals surface area contributed by atoms with E-state index in [4.69, 9.17) is 14.5 Å². The average Bonchev–Trinajstić information content (AvgIpc) is 3.10. The average molecular weight is 695 g/mol. The molecule has 0 radical (unpaired) electrons. The van der Waals surface area contributed by atoms with Crippen molar-refractivity contribution in [3.8, 4) is 6.01 Å². The summed E-state index contributed by atoms with van der Waals surface area (Å²) in [4.78, 5) is 51.8. The molecule has 4 rings (SSSR count). The molecule has 0 bridgehead atoms. The molecule has 12 heteroatoms. The van der Waals surface area contributed by atoms with E-state index in [1.165, 1.54) is 0 Å². The monoisotopic (exact) mass is 694 g/mol. The van der Waals surface area contributed by atoms with Gasteiger partial charge in [-0.1, -0.05) is 51.7 Å². The number of hydrogen-bond acceptors (Lipinski definition) is 9. The van der Waals surface area contributed by atoms with Crippen LogP contribution >= 0.6 is 0 Å². The fourth-order valence-corrected chi connectivity index (χ4v) is 6.59. The highest BCUT2D eigenvalue weighted by molar-refractivity contribution is 5.99. The van der Waals surface area contributed by atoms with Crippen LogP contribution in [0.2, 0.25) is 0 Å². The Hall–Kier alpha value is -3.61. The molecule has 1 aromatic carbocycles. The summed E-state index contributed by atoms with van der Waals surface area (Å²) >= 11 is 0. The van der Waals surface area contributed by atoms with E-state index in [1.807, 2.05) is 12.1 Å². The lowest BCUT2D eigenvalue weighted by molar-refractivity contribution is -0.117. The topological polar surface area (TPSA) is 146 Å². The highest BCUT2D eigenvalue weighted by atomic mass is 16.5. The minimum Gasteiger partial charge on any atom is -0.478 e. The second-order valence-corrected chi connectivity index (χ2v) is 13.6. The minimum atomic E-state index is -0.920. The maximum Gasteiger partial charge on any atom is 0.335 e. The summed E-state index contributed by atoms with van der Waals surface area (Å²) in [5, 5.41) is 15.5. The molecule has 0 spiro atoms. The van der Waals surface area contributed by atoms with Crippen molar-refractivity contribution in [1.29, 1.82) is 0 Å². The zero-order valence-corrected chi connectivity index (χ0v) is 30.2. The second kappa shape index (κ2) is 21.6. The molecule has 1 saturated heterocycles. The van der Waals surface area contributed by atoms with E-state index in [2.05, 4.69) is 39.3 Å². The van der Waals surface area contributed by atoms with Gasteiger partial charge in [0.2, 0.25) is 11.8 Å². The van der Waals surface area contributed by atoms with Crippen LogP contribution in [0.25, 0.3) is 0 Å². The smallest absolute Gasteiger partial charge is 0.335 e. The van der Waals surface area contributed by atoms with Crippen molar-refractivity contribution in [3.05, 3.63) is 41.1 Å². The normalized spacial score (nSPS) is 16.7. The van der Waals surface area contributed by atoms with Gasteiger partial charge in [0.25, 0.3) is 0 Å². The number of ether oxygens (including phenoxy) is 2. The van der Waals surface area contributed by atoms with E-state index in [1.54, 1.807) is 12.1 Å². The first-order valence-electron chi connectivity index (χ1n) is 18.8. The largest absolute Gasteiger partial charge is 0.478 e. The number of carbonyl (C=O) groups excluding carboxylic acids is 2. The maximum atomic E-state index is 13.3.